The lowest BCUT2D eigenvalue weighted by molar-refractivity contribution is -0.274. The molecule has 110 valence electrons. The maximum Gasteiger partial charge on any atom is 0.573 e. The smallest absolute Gasteiger partial charge is 0.406 e. The standard InChI is InChI=1S/C13H10F3N3O2/c14-13(15,16)21-9-3-1-8(2-4-9)11-7-18-10(5-6-17)12(20)19-11/h1-4,6-7,17H,5H2,(H,19,20). The maximum absolute atomic E-state index is 12.0. The summed E-state index contributed by atoms with van der Waals surface area (Å²) in [6.45, 7) is 0. The molecule has 0 aliphatic heterocycles. The van der Waals surface area contributed by atoms with Gasteiger partial charge in [-0.05, 0) is 29.8 Å². The summed E-state index contributed by atoms with van der Waals surface area (Å²) in [6.07, 6.45) is -2.18. The van der Waals surface area contributed by atoms with E-state index in [1.807, 2.05) is 0 Å². The number of H-pyrrole nitrogens is 1. The van der Waals surface area contributed by atoms with Crippen molar-refractivity contribution < 1.29 is 17.9 Å². The van der Waals surface area contributed by atoms with Gasteiger partial charge in [-0.25, -0.2) is 0 Å². The molecule has 0 atom stereocenters. The summed E-state index contributed by atoms with van der Waals surface area (Å²) >= 11 is 0. The van der Waals surface area contributed by atoms with E-state index in [0.717, 1.165) is 18.3 Å². The number of hydrogen-bond acceptors (Lipinski definition) is 4. The largest absolute Gasteiger partial charge is 0.573 e. The van der Waals surface area contributed by atoms with Crippen LogP contribution in [0.25, 0.3) is 11.3 Å². The van der Waals surface area contributed by atoms with Crippen LogP contribution in [0.3, 0.4) is 0 Å². The van der Waals surface area contributed by atoms with Crippen molar-refractivity contribution in [3.8, 4) is 17.0 Å². The van der Waals surface area contributed by atoms with Gasteiger partial charge in [-0.15, -0.1) is 13.2 Å². The van der Waals surface area contributed by atoms with Crippen LogP contribution in [0.15, 0.2) is 35.3 Å². The fourth-order valence-corrected chi connectivity index (χ4v) is 1.65. The Morgan fingerprint density at radius 3 is 2.48 bits per heavy atom. The predicted molar refractivity (Wildman–Crippen MR) is 69.5 cm³/mol. The van der Waals surface area contributed by atoms with E-state index in [4.69, 9.17) is 5.41 Å². The van der Waals surface area contributed by atoms with Crippen LogP contribution in [-0.4, -0.2) is 22.5 Å². The van der Waals surface area contributed by atoms with Crippen LogP contribution < -0.4 is 10.3 Å². The number of halogens is 3. The number of benzene rings is 1. The number of rotatable bonds is 4. The Morgan fingerprint density at radius 2 is 1.95 bits per heavy atom. The summed E-state index contributed by atoms with van der Waals surface area (Å²) in [5.41, 5.74) is 0.625. The molecule has 0 saturated carbocycles. The highest BCUT2D eigenvalue weighted by molar-refractivity contribution is 5.60. The molecule has 2 N–H and O–H groups in total. The Morgan fingerprint density at radius 1 is 1.29 bits per heavy atom. The summed E-state index contributed by atoms with van der Waals surface area (Å²) < 4.78 is 39.9. The second-order valence-electron chi connectivity index (χ2n) is 4.05. The molecule has 21 heavy (non-hydrogen) atoms. The highest BCUT2D eigenvalue weighted by Crippen LogP contribution is 2.25. The fourth-order valence-electron chi connectivity index (χ4n) is 1.65. The minimum atomic E-state index is -4.74. The van der Waals surface area contributed by atoms with E-state index in [1.165, 1.54) is 18.3 Å². The van der Waals surface area contributed by atoms with Crippen LogP contribution in [0.1, 0.15) is 5.69 Å². The van der Waals surface area contributed by atoms with Crippen LogP contribution >= 0.6 is 0 Å². The number of nitrogens with one attached hydrogen (secondary N) is 2. The number of aromatic nitrogens is 2. The van der Waals surface area contributed by atoms with E-state index >= 15 is 0 Å². The zero-order chi connectivity index (χ0) is 15.5. The Hall–Kier alpha value is -2.64. The second-order valence-corrected chi connectivity index (χ2v) is 4.05. The molecule has 8 heteroatoms. The molecular weight excluding hydrogens is 287 g/mol. The van der Waals surface area contributed by atoms with Crippen LogP contribution in [0.2, 0.25) is 0 Å². The third kappa shape index (κ3) is 3.91. The Labute approximate surface area is 116 Å². The van der Waals surface area contributed by atoms with E-state index in [1.54, 1.807) is 0 Å². The molecule has 0 unspecified atom stereocenters. The van der Waals surface area contributed by atoms with Crippen molar-refractivity contribution in [2.24, 2.45) is 0 Å². The van der Waals surface area contributed by atoms with Crippen LogP contribution in [0.4, 0.5) is 13.2 Å². The first kappa shape index (κ1) is 14.8. The highest BCUT2D eigenvalue weighted by atomic mass is 19.4. The first-order valence-corrected chi connectivity index (χ1v) is 5.82. The van der Waals surface area contributed by atoms with Gasteiger partial charge in [-0.1, -0.05) is 0 Å². The second kappa shape index (κ2) is 5.78. The Bertz CT molecular complexity index is 693. The van der Waals surface area contributed by atoms with Crippen LogP contribution in [0.5, 0.6) is 5.75 Å². The molecule has 0 radical (unpaired) electrons. The number of nitrogens with zero attached hydrogens (tertiary/aromatic N) is 1. The number of alkyl halides is 3. The van der Waals surface area contributed by atoms with Crippen molar-refractivity contribution in [2.75, 3.05) is 0 Å². The van der Waals surface area contributed by atoms with E-state index in [-0.39, 0.29) is 17.9 Å². The summed E-state index contributed by atoms with van der Waals surface area (Å²) in [5, 5.41) is 6.93. The maximum atomic E-state index is 12.0. The van der Waals surface area contributed by atoms with Crippen molar-refractivity contribution in [3.63, 3.8) is 0 Å². The zero-order valence-corrected chi connectivity index (χ0v) is 10.6. The van der Waals surface area contributed by atoms with Crippen LogP contribution in [-0.2, 0) is 6.42 Å². The van der Waals surface area contributed by atoms with Gasteiger partial charge < -0.3 is 15.1 Å². The van der Waals surface area contributed by atoms with E-state index < -0.39 is 11.9 Å². The normalized spacial score (nSPS) is 11.2. The molecule has 1 aromatic heterocycles. The first-order valence-electron chi connectivity index (χ1n) is 5.82. The molecule has 0 aliphatic carbocycles. The highest BCUT2D eigenvalue weighted by Gasteiger charge is 2.30. The lowest BCUT2D eigenvalue weighted by Gasteiger charge is -2.09. The van der Waals surface area contributed by atoms with Crippen molar-refractivity contribution in [3.05, 3.63) is 46.5 Å². The number of ether oxygens (including phenoxy) is 1. The molecule has 0 saturated heterocycles. The molecule has 2 aromatic rings. The van der Waals surface area contributed by atoms with Crippen LogP contribution in [0, 0.1) is 5.41 Å². The Kier molecular flexibility index (Phi) is 4.06. The van der Waals surface area contributed by atoms with Gasteiger partial charge in [0, 0.05) is 12.6 Å². The minimum absolute atomic E-state index is 0.119. The van der Waals surface area contributed by atoms with Crippen molar-refractivity contribution in [1.29, 1.82) is 5.41 Å². The molecule has 1 aromatic carbocycles. The number of hydrogen-bond donors (Lipinski definition) is 2. The summed E-state index contributed by atoms with van der Waals surface area (Å²) in [4.78, 5) is 18.1. The zero-order valence-electron chi connectivity index (χ0n) is 10.6. The van der Waals surface area contributed by atoms with Crippen molar-refractivity contribution in [2.45, 2.75) is 12.8 Å². The van der Waals surface area contributed by atoms with Gasteiger partial charge in [-0.2, -0.15) is 0 Å². The van der Waals surface area contributed by atoms with E-state index in [9.17, 15) is 18.0 Å². The summed E-state index contributed by atoms with van der Waals surface area (Å²) in [7, 11) is 0. The predicted octanol–water partition coefficient (Wildman–Crippen LogP) is 2.53. The molecule has 0 bridgehead atoms. The van der Waals surface area contributed by atoms with E-state index in [0.29, 0.717) is 11.3 Å². The van der Waals surface area contributed by atoms with Crippen molar-refractivity contribution in [1.82, 2.24) is 9.97 Å². The average molecular weight is 297 g/mol. The molecule has 0 fully saturated rings. The van der Waals surface area contributed by atoms with Gasteiger partial charge >= 0.3 is 6.36 Å². The Balaban J connectivity index is 2.25. The molecule has 0 spiro atoms. The van der Waals surface area contributed by atoms with Gasteiger partial charge in [-0.3, -0.25) is 9.78 Å². The summed E-state index contributed by atoms with van der Waals surface area (Å²) in [6, 6.07) is 5.05. The SMILES string of the molecule is N=CCc1ncc(-c2ccc(OC(F)(F)F)cc2)[nH]c1=O. The molecule has 1 heterocycles. The summed E-state index contributed by atoms with van der Waals surface area (Å²) in [5.74, 6) is -0.345. The fraction of sp³-hybridized carbons (Fsp3) is 0.154. The monoisotopic (exact) mass is 297 g/mol. The van der Waals surface area contributed by atoms with Gasteiger partial charge in [0.2, 0.25) is 0 Å². The lowest BCUT2D eigenvalue weighted by Crippen LogP contribution is -2.17. The van der Waals surface area contributed by atoms with E-state index in [2.05, 4.69) is 14.7 Å². The molecule has 0 aliphatic rings. The topological polar surface area (TPSA) is 78.8 Å². The third-order valence-corrected chi connectivity index (χ3v) is 2.55. The van der Waals surface area contributed by atoms with Gasteiger partial charge in [0.15, 0.2) is 0 Å². The lowest BCUT2D eigenvalue weighted by atomic mass is 10.1. The van der Waals surface area contributed by atoms with Gasteiger partial charge in [0.05, 0.1) is 11.9 Å². The molecule has 2 rings (SSSR count). The average Bonchev–Trinajstić information content (AvgIpc) is 2.40. The van der Waals surface area contributed by atoms with Crippen molar-refractivity contribution >= 4 is 6.21 Å². The molecular formula is C13H10F3N3O2. The van der Waals surface area contributed by atoms with Gasteiger partial charge in [0.1, 0.15) is 11.4 Å². The quantitative estimate of drug-likeness (QED) is 0.851. The van der Waals surface area contributed by atoms with Gasteiger partial charge in [0.25, 0.3) is 5.56 Å². The first-order chi connectivity index (χ1) is 9.89. The minimum Gasteiger partial charge on any atom is -0.406 e. The third-order valence-electron chi connectivity index (χ3n) is 2.55. The number of aromatic amines is 1. The molecule has 0 amide bonds. The molecule has 5 nitrogen and oxygen atoms in total.